The van der Waals surface area contributed by atoms with Gasteiger partial charge in [-0.25, -0.2) is 30.8 Å². The second kappa shape index (κ2) is 19.1. The van der Waals surface area contributed by atoms with Gasteiger partial charge >= 0.3 is 18.1 Å². The van der Waals surface area contributed by atoms with Gasteiger partial charge in [0.1, 0.15) is 17.3 Å². The van der Waals surface area contributed by atoms with Crippen molar-refractivity contribution in [3.63, 3.8) is 0 Å². The van der Waals surface area contributed by atoms with Gasteiger partial charge in [0.2, 0.25) is 20.0 Å². The molecule has 4 aromatic carbocycles. The largest absolute Gasteiger partial charge is 0.482 e. The highest BCUT2D eigenvalue weighted by molar-refractivity contribution is 7.89. The molecule has 2 aliphatic rings. The predicted octanol–water partition coefficient (Wildman–Crippen LogP) is 5.69. The number of piperazine rings is 2. The second-order valence-electron chi connectivity index (χ2n) is 13.8. The highest BCUT2D eigenvalue weighted by Gasteiger charge is 2.34. The molecule has 0 bridgehead atoms. The Balaban J connectivity index is 0.970. The van der Waals surface area contributed by atoms with Crippen LogP contribution in [0.15, 0.2) is 94.7 Å². The lowest BCUT2D eigenvalue weighted by atomic mass is 10.1. The molecule has 2 aliphatic heterocycles. The summed E-state index contributed by atoms with van der Waals surface area (Å²) in [4.78, 5) is 28.5. The molecule has 322 valence electrons. The topological polar surface area (TPSA) is 143 Å². The maximum absolute atomic E-state index is 13.7. The molecule has 0 aromatic heterocycles. The summed E-state index contributed by atoms with van der Waals surface area (Å²) < 4.78 is 124. The van der Waals surface area contributed by atoms with E-state index in [4.69, 9.17) is 37.4 Å². The molecule has 6 rings (SSSR count). The average molecular weight is 918 g/mol. The van der Waals surface area contributed by atoms with Crippen LogP contribution in [0.5, 0.6) is 11.5 Å². The number of carbonyl (C=O) groups is 2. The third-order valence-corrected chi connectivity index (χ3v) is 13.9. The first kappa shape index (κ1) is 45.2. The summed E-state index contributed by atoms with van der Waals surface area (Å²) in [5.74, 6) is -2.14. The fourth-order valence-electron chi connectivity index (χ4n) is 6.58. The number of benzene rings is 4. The highest BCUT2D eigenvalue weighted by atomic mass is 35.5. The van der Waals surface area contributed by atoms with E-state index in [1.165, 1.54) is 34.6 Å². The maximum Gasteiger partial charge on any atom is 0.416 e. The van der Waals surface area contributed by atoms with E-state index in [2.05, 4.69) is 0 Å². The number of sulfonamides is 2. The molecular formula is C39H38Cl2F4N4O9S2. The van der Waals surface area contributed by atoms with Crippen molar-refractivity contribution in [2.45, 2.75) is 29.1 Å². The van der Waals surface area contributed by atoms with Crippen LogP contribution in [0.1, 0.15) is 16.7 Å². The number of hydrogen-bond acceptors (Lipinski definition) is 11. The molecule has 0 N–H and O–H groups in total. The van der Waals surface area contributed by atoms with Crippen LogP contribution >= 0.6 is 23.2 Å². The van der Waals surface area contributed by atoms with Crippen molar-refractivity contribution < 1.29 is 58.2 Å². The van der Waals surface area contributed by atoms with Crippen molar-refractivity contribution in [2.75, 3.05) is 65.6 Å². The minimum absolute atomic E-state index is 0.00602. The molecule has 0 atom stereocenters. The van der Waals surface area contributed by atoms with Gasteiger partial charge in [0.25, 0.3) is 0 Å². The van der Waals surface area contributed by atoms with Gasteiger partial charge < -0.3 is 14.2 Å². The third-order valence-electron chi connectivity index (χ3n) is 9.65. The molecule has 0 saturated carbocycles. The van der Waals surface area contributed by atoms with Crippen LogP contribution in [0.4, 0.5) is 17.6 Å². The standard InChI is InChI=1S/C39H38Cl2F4N4O9S2/c40-30-7-9-35(27(19-30)23-46-11-15-48(16-12-46)59(52,53)33-5-1-3-29(21-33)39(43,44)45)56-25-37(50)58-38(51)26-57-36-10-8-31(41)20-28(36)24-47-13-17-49(18-14-47)60(54,55)34-6-2-4-32(42)22-34/h1-10,19-22H,11-18,23-26H2. The number of ether oxygens (including phenoxy) is 3. The van der Waals surface area contributed by atoms with Gasteiger partial charge in [-0.3, -0.25) is 9.80 Å². The lowest BCUT2D eigenvalue weighted by Gasteiger charge is -2.34. The first-order chi connectivity index (χ1) is 28.4. The molecule has 0 amide bonds. The van der Waals surface area contributed by atoms with Crippen molar-refractivity contribution in [1.82, 2.24) is 18.4 Å². The molecule has 0 aliphatic carbocycles. The van der Waals surface area contributed by atoms with Crippen LogP contribution in [0.3, 0.4) is 0 Å². The van der Waals surface area contributed by atoms with Gasteiger partial charge in [-0.2, -0.15) is 21.8 Å². The molecule has 4 aromatic rings. The van der Waals surface area contributed by atoms with Gasteiger partial charge in [0.15, 0.2) is 13.2 Å². The first-order valence-electron chi connectivity index (χ1n) is 18.3. The van der Waals surface area contributed by atoms with Gasteiger partial charge in [-0.1, -0.05) is 35.3 Å². The Morgan fingerprint density at radius 3 is 1.47 bits per heavy atom. The van der Waals surface area contributed by atoms with E-state index in [-0.39, 0.29) is 62.2 Å². The van der Waals surface area contributed by atoms with E-state index in [9.17, 15) is 44.0 Å². The summed E-state index contributed by atoms with van der Waals surface area (Å²) in [6.45, 7) is 0.704. The van der Waals surface area contributed by atoms with Crippen molar-refractivity contribution in [3.05, 3.63) is 117 Å². The van der Waals surface area contributed by atoms with E-state index in [1.54, 1.807) is 24.3 Å². The highest BCUT2D eigenvalue weighted by Crippen LogP contribution is 2.32. The van der Waals surface area contributed by atoms with Crippen LogP contribution in [0.25, 0.3) is 0 Å². The molecule has 60 heavy (non-hydrogen) atoms. The molecule has 2 fully saturated rings. The average Bonchev–Trinajstić information content (AvgIpc) is 3.20. The molecule has 2 saturated heterocycles. The number of nitrogens with zero attached hydrogens (tertiary/aromatic N) is 4. The summed E-state index contributed by atoms with van der Waals surface area (Å²) in [6, 6.07) is 17.8. The number of carbonyl (C=O) groups excluding carboxylic acids is 2. The molecule has 0 spiro atoms. The van der Waals surface area contributed by atoms with Gasteiger partial charge in [0, 0.05) is 86.6 Å². The fraction of sp³-hybridized carbons (Fsp3) is 0.333. The molecule has 2 heterocycles. The molecule has 0 unspecified atom stereocenters. The Hall–Kier alpha value is -4.34. The fourth-order valence-corrected chi connectivity index (χ4v) is 9.89. The smallest absolute Gasteiger partial charge is 0.416 e. The zero-order chi connectivity index (χ0) is 43.2. The van der Waals surface area contributed by atoms with E-state index in [0.717, 1.165) is 28.6 Å². The Morgan fingerprint density at radius 2 is 1.03 bits per heavy atom. The summed E-state index contributed by atoms with van der Waals surface area (Å²) in [5, 5.41) is 0.751. The Labute approximate surface area is 354 Å². The maximum atomic E-state index is 13.7. The zero-order valence-corrected chi connectivity index (χ0v) is 34.8. The van der Waals surface area contributed by atoms with E-state index < -0.39 is 67.7 Å². The van der Waals surface area contributed by atoms with Crippen LogP contribution in [0.2, 0.25) is 10.0 Å². The number of halogens is 6. The summed E-state index contributed by atoms with van der Waals surface area (Å²) in [6.07, 6.45) is -4.70. The van der Waals surface area contributed by atoms with Crippen molar-refractivity contribution in [1.29, 1.82) is 0 Å². The zero-order valence-electron chi connectivity index (χ0n) is 31.6. The molecule has 13 nitrogen and oxygen atoms in total. The normalized spacial score (nSPS) is 16.4. The minimum Gasteiger partial charge on any atom is -0.482 e. The number of esters is 2. The monoisotopic (exact) mass is 916 g/mol. The predicted molar refractivity (Wildman–Crippen MR) is 211 cm³/mol. The number of hydrogen-bond donors (Lipinski definition) is 0. The van der Waals surface area contributed by atoms with Gasteiger partial charge in [-0.05, 0) is 72.8 Å². The lowest BCUT2D eigenvalue weighted by Crippen LogP contribution is -2.48. The van der Waals surface area contributed by atoms with Crippen molar-refractivity contribution in [2.24, 2.45) is 0 Å². The first-order valence-corrected chi connectivity index (χ1v) is 22.0. The van der Waals surface area contributed by atoms with E-state index >= 15 is 0 Å². The van der Waals surface area contributed by atoms with Crippen LogP contribution in [-0.4, -0.2) is 113 Å². The summed E-state index contributed by atoms with van der Waals surface area (Å²) >= 11 is 12.5. The summed E-state index contributed by atoms with van der Waals surface area (Å²) in [5.41, 5.74) is 0.0806. The Kier molecular flexibility index (Phi) is 14.4. The van der Waals surface area contributed by atoms with E-state index in [1.807, 2.05) is 9.80 Å². The van der Waals surface area contributed by atoms with Crippen molar-refractivity contribution >= 4 is 55.2 Å². The van der Waals surface area contributed by atoms with Gasteiger partial charge in [0.05, 0.1) is 15.4 Å². The quantitative estimate of drug-likeness (QED) is 0.0875. The van der Waals surface area contributed by atoms with E-state index in [0.29, 0.717) is 46.9 Å². The molecule has 21 heteroatoms. The lowest BCUT2D eigenvalue weighted by molar-refractivity contribution is -0.162. The van der Waals surface area contributed by atoms with Crippen LogP contribution in [-0.2, 0) is 53.6 Å². The molecule has 0 radical (unpaired) electrons. The SMILES string of the molecule is O=C(COc1ccc(Cl)cc1CN1CCN(S(=O)(=O)c2cccc(F)c2)CC1)OC(=O)COc1ccc(Cl)cc1CN1CCN(S(=O)(=O)c2cccc(C(F)(F)F)c2)CC1. The van der Waals surface area contributed by atoms with Crippen LogP contribution < -0.4 is 9.47 Å². The Bertz CT molecular complexity index is 2430. The number of alkyl halides is 3. The Morgan fingerprint density at radius 1 is 0.600 bits per heavy atom. The second-order valence-corrected chi connectivity index (χ2v) is 18.5. The van der Waals surface area contributed by atoms with Crippen LogP contribution in [0, 0.1) is 5.82 Å². The number of rotatable bonds is 14. The minimum atomic E-state index is -4.70. The van der Waals surface area contributed by atoms with Gasteiger partial charge in [-0.15, -0.1) is 0 Å². The summed E-state index contributed by atoms with van der Waals surface area (Å²) in [7, 11) is -8.08. The third kappa shape index (κ3) is 11.5. The molecular weight excluding hydrogens is 879 g/mol. The van der Waals surface area contributed by atoms with Crippen molar-refractivity contribution in [3.8, 4) is 11.5 Å².